The van der Waals surface area contributed by atoms with Gasteiger partial charge in [-0.3, -0.25) is 19.6 Å². The minimum Gasteiger partial charge on any atom is -0.337 e. The van der Waals surface area contributed by atoms with Crippen LogP contribution in [-0.2, 0) is 11.3 Å². The van der Waals surface area contributed by atoms with Crippen LogP contribution in [0.25, 0.3) is 0 Å². The van der Waals surface area contributed by atoms with E-state index in [-0.39, 0.29) is 23.7 Å². The molecule has 1 saturated heterocycles. The molecule has 0 radical (unpaired) electrons. The minimum atomic E-state index is -0.412. The van der Waals surface area contributed by atoms with E-state index in [0.29, 0.717) is 24.4 Å². The smallest absolute Gasteiger partial charge is 0.312 e. The van der Waals surface area contributed by atoms with E-state index in [1.807, 2.05) is 4.90 Å². The second-order valence-electron chi connectivity index (χ2n) is 6.18. The molecule has 1 amide bonds. The summed E-state index contributed by atoms with van der Waals surface area (Å²) in [5.74, 6) is 0.106. The monoisotopic (exact) mass is 308 g/mol. The molecule has 0 bridgehead atoms. The molecule has 1 aromatic rings. The zero-order valence-corrected chi connectivity index (χ0v) is 13.7. The summed E-state index contributed by atoms with van der Waals surface area (Å²) in [5, 5.41) is 15.2. The van der Waals surface area contributed by atoms with Gasteiger partial charge in [0.25, 0.3) is 0 Å². The van der Waals surface area contributed by atoms with Crippen LogP contribution in [0.2, 0.25) is 0 Å². The van der Waals surface area contributed by atoms with Gasteiger partial charge in [0.2, 0.25) is 5.91 Å². The molecule has 0 aromatic carbocycles. The van der Waals surface area contributed by atoms with Crippen LogP contribution >= 0.6 is 0 Å². The molecule has 7 nitrogen and oxygen atoms in total. The van der Waals surface area contributed by atoms with Crippen molar-refractivity contribution < 1.29 is 9.72 Å². The Balaban J connectivity index is 2.05. The summed E-state index contributed by atoms with van der Waals surface area (Å²) in [6.07, 6.45) is 3.58. The van der Waals surface area contributed by atoms with Crippen LogP contribution in [0.5, 0.6) is 0 Å². The van der Waals surface area contributed by atoms with Gasteiger partial charge in [0.05, 0.1) is 11.5 Å². The number of amides is 1. The Labute approximate surface area is 130 Å². The number of rotatable bonds is 4. The molecule has 2 atom stereocenters. The number of aryl methyl sites for hydroxylation is 2. The van der Waals surface area contributed by atoms with Gasteiger partial charge in [-0.25, -0.2) is 0 Å². The van der Waals surface area contributed by atoms with Crippen LogP contribution < -0.4 is 0 Å². The molecule has 1 fully saturated rings. The maximum absolute atomic E-state index is 12.5. The van der Waals surface area contributed by atoms with Gasteiger partial charge < -0.3 is 4.90 Å². The number of hydrogen-bond donors (Lipinski definition) is 0. The van der Waals surface area contributed by atoms with E-state index in [0.717, 1.165) is 19.3 Å². The number of piperidine rings is 1. The van der Waals surface area contributed by atoms with Gasteiger partial charge in [-0.15, -0.1) is 0 Å². The molecule has 1 aliphatic heterocycles. The normalized spacial score (nSPS) is 21.9. The summed E-state index contributed by atoms with van der Waals surface area (Å²) >= 11 is 0. The molecule has 1 aromatic heterocycles. The van der Waals surface area contributed by atoms with E-state index in [9.17, 15) is 14.9 Å². The molecule has 0 aliphatic carbocycles. The number of carbonyl (C=O) groups is 1. The van der Waals surface area contributed by atoms with Crippen molar-refractivity contribution in [3.8, 4) is 0 Å². The zero-order valence-electron chi connectivity index (χ0n) is 13.7. The lowest BCUT2D eigenvalue weighted by atomic mass is 9.97. The zero-order chi connectivity index (χ0) is 16.4. The first-order chi connectivity index (χ1) is 10.3. The van der Waals surface area contributed by atoms with Gasteiger partial charge in [-0.05, 0) is 47.0 Å². The van der Waals surface area contributed by atoms with Crippen molar-refractivity contribution in [2.45, 2.75) is 72.0 Å². The van der Waals surface area contributed by atoms with Gasteiger partial charge >= 0.3 is 5.69 Å². The fraction of sp³-hybridized carbons (Fsp3) is 0.733. The van der Waals surface area contributed by atoms with Gasteiger partial charge in [0.1, 0.15) is 11.4 Å². The third kappa shape index (κ3) is 3.13. The molecule has 7 heteroatoms. The van der Waals surface area contributed by atoms with E-state index in [4.69, 9.17) is 0 Å². The van der Waals surface area contributed by atoms with Crippen molar-refractivity contribution in [3.63, 3.8) is 0 Å². The summed E-state index contributed by atoms with van der Waals surface area (Å²) < 4.78 is 1.57. The van der Waals surface area contributed by atoms with Crippen LogP contribution in [0.4, 0.5) is 5.69 Å². The second kappa shape index (κ2) is 6.46. The van der Waals surface area contributed by atoms with Gasteiger partial charge in [-0.2, -0.15) is 5.10 Å². The molecule has 0 unspecified atom stereocenters. The number of nitro groups is 1. The minimum absolute atomic E-state index is 0.0483. The Morgan fingerprint density at radius 2 is 1.91 bits per heavy atom. The quantitative estimate of drug-likeness (QED) is 0.632. The highest BCUT2D eigenvalue weighted by atomic mass is 16.6. The summed E-state index contributed by atoms with van der Waals surface area (Å²) in [5.41, 5.74) is 0.955. The molecular weight excluding hydrogens is 284 g/mol. The molecule has 0 N–H and O–H groups in total. The molecule has 0 saturated carbocycles. The number of hydrogen-bond acceptors (Lipinski definition) is 4. The molecule has 1 aliphatic rings. The number of carbonyl (C=O) groups excluding carboxylic acids is 1. The Hall–Kier alpha value is -1.92. The van der Waals surface area contributed by atoms with E-state index in [1.54, 1.807) is 18.5 Å². The molecular formula is C15H24N4O3. The highest BCUT2D eigenvalue weighted by Gasteiger charge is 2.29. The average Bonchev–Trinajstić information content (AvgIpc) is 2.70. The second-order valence-corrected chi connectivity index (χ2v) is 6.18. The van der Waals surface area contributed by atoms with Crippen LogP contribution in [0, 0.1) is 24.0 Å². The van der Waals surface area contributed by atoms with Crippen LogP contribution in [0.3, 0.4) is 0 Å². The molecule has 2 heterocycles. The van der Waals surface area contributed by atoms with Gasteiger partial charge in [-0.1, -0.05) is 0 Å². The van der Waals surface area contributed by atoms with Crippen molar-refractivity contribution in [2.75, 3.05) is 0 Å². The lowest BCUT2D eigenvalue weighted by molar-refractivity contribution is -0.386. The summed E-state index contributed by atoms with van der Waals surface area (Å²) in [6, 6.07) is 0.539. The fourth-order valence-corrected chi connectivity index (χ4v) is 3.41. The molecule has 22 heavy (non-hydrogen) atoms. The topological polar surface area (TPSA) is 81.3 Å². The largest absolute Gasteiger partial charge is 0.337 e. The SMILES string of the molecule is Cc1nn(CCC(=O)N2[C@H](C)CCC[C@H]2C)c(C)c1[N+](=O)[O-]. The van der Waals surface area contributed by atoms with E-state index in [1.165, 1.54) is 0 Å². The van der Waals surface area contributed by atoms with Gasteiger partial charge in [0, 0.05) is 18.5 Å². The van der Waals surface area contributed by atoms with Crippen LogP contribution in [-0.4, -0.2) is 37.6 Å². The highest BCUT2D eigenvalue weighted by molar-refractivity contribution is 5.76. The first kappa shape index (κ1) is 16.5. The summed E-state index contributed by atoms with van der Waals surface area (Å²) in [7, 11) is 0. The Morgan fingerprint density at radius 1 is 1.32 bits per heavy atom. The summed E-state index contributed by atoms with van der Waals surface area (Å²) in [4.78, 5) is 25.0. The third-order valence-electron chi connectivity index (χ3n) is 4.54. The lowest BCUT2D eigenvalue weighted by Gasteiger charge is -2.39. The average molecular weight is 308 g/mol. The van der Waals surface area contributed by atoms with Gasteiger partial charge in [0.15, 0.2) is 0 Å². The molecule has 122 valence electrons. The Morgan fingerprint density at radius 3 is 2.41 bits per heavy atom. The van der Waals surface area contributed by atoms with Crippen LogP contribution in [0.15, 0.2) is 0 Å². The van der Waals surface area contributed by atoms with Crippen molar-refractivity contribution >= 4 is 11.6 Å². The highest BCUT2D eigenvalue weighted by Crippen LogP contribution is 2.24. The predicted octanol–water partition coefficient (Wildman–Crippen LogP) is 2.59. The third-order valence-corrected chi connectivity index (χ3v) is 4.54. The van der Waals surface area contributed by atoms with Crippen molar-refractivity contribution in [1.82, 2.24) is 14.7 Å². The fourth-order valence-electron chi connectivity index (χ4n) is 3.41. The van der Waals surface area contributed by atoms with E-state index in [2.05, 4.69) is 18.9 Å². The lowest BCUT2D eigenvalue weighted by Crippen LogP contribution is -2.47. The van der Waals surface area contributed by atoms with Crippen molar-refractivity contribution in [2.24, 2.45) is 0 Å². The maximum Gasteiger partial charge on any atom is 0.312 e. The standard InChI is InChI=1S/C15H24N4O3/c1-10-6-5-7-11(2)18(10)14(20)8-9-17-13(4)15(19(21)22)12(3)16-17/h10-11H,5-9H2,1-4H3/t10-,11-/m1/s1. The van der Waals surface area contributed by atoms with Crippen molar-refractivity contribution in [3.05, 3.63) is 21.5 Å². The van der Waals surface area contributed by atoms with E-state index >= 15 is 0 Å². The predicted molar refractivity (Wildman–Crippen MR) is 82.6 cm³/mol. The number of nitrogens with zero attached hydrogens (tertiary/aromatic N) is 4. The first-order valence-electron chi connectivity index (χ1n) is 7.82. The Bertz CT molecular complexity index is 572. The molecule has 2 rings (SSSR count). The van der Waals surface area contributed by atoms with Crippen molar-refractivity contribution in [1.29, 1.82) is 0 Å². The number of likely N-dealkylation sites (tertiary alicyclic amines) is 1. The maximum atomic E-state index is 12.5. The summed E-state index contributed by atoms with van der Waals surface area (Å²) in [6.45, 7) is 7.85. The van der Waals surface area contributed by atoms with E-state index < -0.39 is 4.92 Å². The Kier molecular flexibility index (Phi) is 4.83. The van der Waals surface area contributed by atoms with Crippen LogP contribution in [0.1, 0.15) is 50.9 Å². The molecule has 0 spiro atoms. The first-order valence-corrected chi connectivity index (χ1v) is 7.82. The number of aromatic nitrogens is 2.